The molecule has 1 aliphatic rings. The molecule has 1 aromatic rings. The second-order valence-corrected chi connectivity index (χ2v) is 5.49. The fourth-order valence-corrected chi connectivity index (χ4v) is 2.63. The number of ketones is 1. The minimum Gasteiger partial charge on any atom is -0.493 e. The first-order valence-electron chi connectivity index (χ1n) is 7.65. The van der Waals surface area contributed by atoms with Crippen molar-refractivity contribution in [3.05, 3.63) is 28.8 Å². The molecular weight excluding hydrogens is 268 g/mol. The van der Waals surface area contributed by atoms with Crippen LogP contribution in [0.5, 0.6) is 5.75 Å². The van der Waals surface area contributed by atoms with Crippen molar-refractivity contribution in [3.63, 3.8) is 0 Å². The fraction of sp³-hybridized carbons (Fsp3) is 0.529. The van der Waals surface area contributed by atoms with E-state index in [4.69, 9.17) is 9.84 Å². The zero-order chi connectivity index (χ0) is 15.2. The number of rotatable bonds is 8. The van der Waals surface area contributed by atoms with Gasteiger partial charge in [0, 0.05) is 18.4 Å². The first-order valence-corrected chi connectivity index (χ1v) is 7.65. The van der Waals surface area contributed by atoms with Crippen LogP contribution in [0.4, 0.5) is 0 Å². The third kappa shape index (κ3) is 4.06. The largest absolute Gasteiger partial charge is 0.493 e. The predicted octanol–water partition coefficient (Wildman–Crippen LogP) is 3.40. The van der Waals surface area contributed by atoms with Gasteiger partial charge in [0.2, 0.25) is 0 Å². The van der Waals surface area contributed by atoms with Crippen LogP contribution in [0.2, 0.25) is 0 Å². The number of carboxylic acid groups (broad SMARTS) is 1. The molecule has 1 N–H and O–H groups in total. The number of ether oxygens (including phenoxy) is 1. The monoisotopic (exact) mass is 290 g/mol. The minimum absolute atomic E-state index is 0.105. The van der Waals surface area contributed by atoms with Crippen molar-refractivity contribution in [2.24, 2.45) is 0 Å². The third-order valence-electron chi connectivity index (χ3n) is 3.80. The van der Waals surface area contributed by atoms with Crippen molar-refractivity contribution in [2.45, 2.75) is 51.9 Å². The first kappa shape index (κ1) is 15.5. The smallest absolute Gasteiger partial charge is 0.303 e. The molecule has 0 heterocycles. The molecule has 1 aliphatic carbocycles. The highest BCUT2D eigenvalue weighted by molar-refractivity contribution is 6.00. The van der Waals surface area contributed by atoms with E-state index in [1.165, 1.54) is 0 Å². The molecule has 0 atom stereocenters. The van der Waals surface area contributed by atoms with Crippen LogP contribution >= 0.6 is 0 Å². The van der Waals surface area contributed by atoms with Crippen LogP contribution in [0.25, 0.3) is 0 Å². The Morgan fingerprint density at radius 3 is 2.81 bits per heavy atom. The average molecular weight is 290 g/mol. The Balaban J connectivity index is 2.10. The lowest BCUT2D eigenvalue weighted by molar-refractivity contribution is -0.137. The second kappa shape index (κ2) is 7.25. The van der Waals surface area contributed by atoms with E-state index in [0.29, 0.717) is 19.4 Å². The van der Waals surface area contributed by atoms with Gasteiger partial charge in [-0.15, -0.1) is 0 Å². The SMILES string of the molecule is CCCCc1cc2c(cc1OCCCC(=O)O)C(=O)CC2. The summed E-state index contributed by atoms with van der Waals surface area (Å²) in [6.45, 7) is 2.52. The fourth-order valence-electron chi connectivity index (χ4n) is 2.63. The Labute approximate surface area is 125 Å². The van der Waals surface area contributed by atoms with Crippen molar-refractivity contribution >= 4 is 11.8 Å². The molecule has 4 heteroatoms. The highest BCUT2D eigenvalue weighted by atomic mass is 16.5. The summed E-state index contributed by atoms with van der Waals surface area (Å²) in [5.41, 5.74) is 3.05. The van der Waals surface area contributed by atoms with Crippen LogP contribution in [-0.2, 0) is 17.6 Å². The van der Waals surface area contributed by atoms with Crippen molar-refractivity contribution in [3.8, 4) is 5.75 Å². The molecule has 0 spiro atoms. The highest BCUT2D eigenvalue weighted by Crippen LogP contribution is 2.31. The normalized spacial score (nSPS) is 13.3. The van der Waals surface area contributed by atoms with Crippen molar-refractivity contribution in [1.29, 1.82) is 0 Å². The van der Waals surface area contributed by atoms with Crippen LogP contribution in [-0.4, -0.2) is 23.5 Å². The molecule has 2 rings (SSSR count). The summed E-state index contributed by atoms with van der Waals surface area (Å²) in [6.07, 6.45) is 5.12. The quantitative estimate of drug-likeness (QED) is 0.745. The molecule has 21 heavy (non-hydrogen) atoms. The number of hydrogen-bond donors (Lipinski definition) is 1. The van der Waals surface area contributed by atoms with Crippen molar-refractivity contribution < 1.29 is 19.4 Å². The number of hydrogen-bond acceptors (Lipinski definition) is 3. The maximum atomic E-state index is 11.8. The van der Waals surface area contributed by atoms with Gasteiger partial charge in [-0.3, -0.25) is 9.59 Å². The molecule has 0 saturated heterocycles. The minimum atomic E-state index is -0.811. The molecule has 0 unspecified atom stereocenters. The molecule has 0 fully saturated rings. The number of aliphatic carboxylic acids is 1. The molecule has 0 amide bonds. The standard InChI is InChI=1S/C17H22O4/c1-2-3-5-13-10-12-7-8-15(18)14(12)11-16(13)21-9-4-6-17(19)20/h10-11H,2-9H2,1H3,(H,19,20). The summed E-state index contributed by atoms with van der Waals surface area (Å²) in [4.78, 5) is 22.3. The number of unbranched alkanes of at least 4 members (excludes halogenated alkanes) is 1. The van der Waals surface area contributed by atoms with Gasteiger partial charge in [0.15, 0.2) is 5.78 Å². The van der Waals surface area contributed by atoms with Gasteiger partial charge >= 0.3 is 5.97 Å². The van der Waals surface area contributed by atoms with E-state index in [0.717, 1.165) is 48.1 Å². The molecule has 0 saturated carbocycles. The zero-order valence-corrected chi connectivity index (χ0v) is 12.5. The molecule has 4 nitrogen and oxygen atoms in total. The average Bonchev–Trinajstić information content (AvgIpc) is 2.81. The van der Waals surface area contributed by atoms with Crippen LogP contribution in [0, 0.1) is 0 Å². The summed E-state index contributed by atoms with van der Waals surface area (Å²) in [7, 11) is 0. The number of fused-ring (bicyclic) bond motifs is 1. The number of carboxylic acids is 1. The van der Waals surface area contributed by atoms with Gasteiger partial charge in [0.25, 0.3) is 0 Å². The summed E-state index contributed by atoms with van der Waals surface area (Å²) in [6, 6.07) is 3.96. The molecule has 114 valence electrons. The predicted molar refractivity (Wildman–Crippen MR) is 80.1 cm³/mol. The zero-order valence-electron chi connectivity index (χ0n) is 12.5. The van der Waals surface area contributed by atoms with Gasteiger partial charge in [-0.05, 0) is 42.9 Å². The molecular formula is C17H22O4. The van der Waals surface area contributed by atoms with E-state index in [1.54, 1.807) is 0 Å². The summed E-state index contributed by atoms with van der Waals surface area (Å²) < 4.78 is 5.74. The molecule has 0 aliphatic heterocycles. The van der Waals surface area contributed by atoms with Gasteiger partial charge in [-0.25, -0.2) is 0 Å². The van der Waals surface area contributed by atoms with Gasteiger partial charge in [-0.2, -0.15) is 0 Å². The van der Waals surface area contributed by atoms with E-state index >= 15 is 0 Å². The highest BCUT2D eigenvalue weighted by Gasteiger charge is 2.22. The number of benzene rings is 1. The topological polar surface area (TPSA) is 63.6 Å². The van der Waals surface area contributed by atoms with Crippen LogP contribution in [0.3, 0.4) is 0 Å². The van der Waals surface area contributed by atoms with Gasteiger partial charge < -0.3 is 9.84 Å². The van der Waals surface area contributed by atoms with Crippen molar-refractivity contribution in [1.82, 2.24) is 0 Å². The number of carbonyl (C=O) groups is 2. The number of carbonyl (C=O) groups excluding carboxylic acids is 1. The molecule has 0 aromatic heterocycles. The van der Waals surface area contributed by atoms with Crippen LogP contribution in [0.15, 0.2) is 12.1 Å². The molecule has 0 bridgehead atoms. The number of aryl methyl sites for hydroxylation is 2. The van der Waals surface area contributed by atoms with Gasteiger partial charge in [0.1, 0.15) is 5.75 Å². The lowest BCUT2D eigenvalue weighted by Gasteiger charge is -2.13. The van der Waals surface area contributed by atoms with Gasteiger partial charge in [0.05, 0.1) is 6.61 Å². The van der Waals surface area contributed by atoms with E-state index < -0.39 is 5.97 Å². The molecule has 0 radical (unpaired) electrons. The third-order valence-corrected chi connectivity index (χ3v) is 3.80. The Hall–Kier alpha value is -1.84. The lowest BCUT2D eigenvalue weighted by atomic mass is 10.0. The summed E-state index contributed by atoms with van der Waals surface area (Å²) >= 11 is 0. The van der Waals surface area contributed by atoms with E-state index in [-0.39, 0.29) is 12.2 Å². The van der Waals surface area contributed by atoms with Crippen LogP contribution < -0.4 is 4.74 Å². The van der Waals surface area contributed by atoms with E-state index in [2.05, 4.69) is 13.0 Å². The van der Waals surface area contributed by atoms with Gasteiger partial charge in [-0.1, -0.05) is 19.4 Å². The van der Waals surface area contributed by atoms with E-state index in [9.17, 15) is 9.59 Å². The van der Waals surface area contributed by atoms with Crippen LogP contribution in [0.1, 0.15) is 60.5 Å². The Morgan fingerprint density at radius 1 is 1.29 bits per heavy atom. The first-order chi connectivity index (χ1) is 10.1. The van der Waals surface area contributed by atoms with E-state index in [1.807, 2.05) is 6.07 Å². The number of Topliss-reactive ketones (excluding diaryl/α,β-unsaturated/α-hetero) is 1. The molecule has 1 aromatic carbocycles. The maximum Gasteiger partial charge on any atom is 0.303 e. The Kier molecular flexibility index (Phi) is 5.37. The maximum absolute atomic E-state index is 11.8. The Morgan fingerprint density at radius 2 is 2.10 bits per heavy atom. The summed E-state index contributed by atoms with van der Waals surface area (Å²) in [5.74, 6) is 0.124. The second-order valence-electron chi connectivity index (χ2n) is 5.49. The summed E-state index contributed by atoms with van der Waals surface area (Å²) in [5, 5.41) is 8.64. The Bertz CT molecular complexity index is 534. The lowest BCUT2D eigenvalue weighted by Crippen LogP contribution is -2.05. The van der Waals surface area contributed by atoms with Crippen molar-refractivity contribution in [2.75, 3.05) is 6.61 Å².